The molecule has 0 aromatic carbocycles. The van der Waals surface area contributed by atoms with Crippen molar-refractivity contribution in [3.05, 3.63) is 57.5 Å². The maximum Gasteiger partial charge on any atom is 0.276 e. The van der Waals surface area contributed by atoms with E-state index >= 15 is 0 Å². The Morgan fingerprint density at radius 3 is 2.94 bits per heavy atom. The van der Waals surface area contributed by atoms with Crippen LogP contribution in [0.25, 0.3) is 0 Å². The minimum Gasteiger partial charge on any atom is -0.366 e. The molecule has 92 valence electrons. The molecule has 0 saturated heterocycles. The molecule has 2 aromatic rings. The molecule has 0 spiro atoms. The molecule has 7 heteroatoms. The lowest BCUT2D eigenvalue weighted by Gasteiger charge is -2.05. The number of rotatable bonds is 4. The second kappa shape index (κ2) is 5.42. The third-order valence-corrected chi connectivity index (χ3v) is 2.38. The van der Waals surface area contributed by atoms with Crippen molar-refractivity contribution in [2.75, 3.05) is 5.32 Å². The van der Waals surface area contributed by atoms with Crippen LogP contribution >= 0.6 is 11.6 Å². The number of nitrogens with zero attached hydrogens (tertiary/aromatic N) is 3. The van der Waals surface area contributed by atoms with Gasteiger partial charge in [-0.1, -0.05) is 17.7 Å². The average Bonchev–Trinajstić information content (AvgIpc) is 2.37. The fraction of sp³-hybridized carbons (Fsp3) is 0.0909. The summed E-state index contributed by atoms with van der Waals surface area (Å²) in [7, 11) is 0. The molecular formula is C11H9ClN4O2. The average molecular weight is 265 g/mol. The molecule has 18 heavy (non-hydrogen) atoms. The number of anilines is 1. The second-order valence-corrected chi connectivity index (χ2v) is 3.89. The van der Waals surface area contributed by atoms with Crippen LogP contribution in [-0.4, -0.2) is 14.9 Å². The third-order valence-electron chi connectivity index (χ3n) is 2.19. The Morgan fingerprint density at radius 1 is 1.44 bits per heavy atom. The molecule has 6 nitrogen and oxygen atoms in total. The molecular weight excluding hydrogens is 256 g/mol. The highest BCUT2D eigenvalue weighted by Gasteiger charge is 2.09. The van der Waals surface area contributed by atoms with Crippen molar-refractivity contribution in [1.29, 1.82) is 0 Å². The first kappa shape index (κ1) is 12.3. The standard InChI is InChI=1S/C11H9ClN4O2/c12-10-4-9(16(17)18)5-11(15-10)14-7-8-2-1-3-13-6-8/h1-6H,7H2,(H,14,15). The van der Waals surface area contributed by atoms with Gasteiger partial charge in [-0.3, -0.25) is 15.1 Å². The van der Waals surface area contributed by atoms with Crippen LogP contribution in [0.2, 0.25) is 5.15 Å². The summed E-state index contributed by atoms with van der Waals surface area (Å²) in [5.41, 5.74) is 0.852. The van der Waals surface area contributed by atoms with Gasteiger partial charge < -0.3 is 5.32 Å². The SMILES string of the molecule is O=[N+]([O-])c1cc(Cl)nc(NCc2cccnc2)c1. The van der Waals surface area contributed by atoms with Gasteiger partial charge in [0.1, 0.15) is 11.0 Å². The van der Waals surface area contributed by atoms with Crippen LogP contribution in [0.1, 0.15) is 5.56 Å². The van der Waals surface area contributed by atoms with Crippen LogP contribution in [-0.2, 0) is 6.54 Å². The van der Waals surface area contributed by atoms with Gasteiger partial charge in [-0.15, -0.1) is 0 Å². The lowest BCUT2D eigenvalue weighted by atomic mass is 10.3. The molecule has 0 aliphatic carbocycles. The summed E-state index contributed by atoms with van der Waals surface area (Å²) < 4.78 is 0. The number of aromatic nitrogens is 2. The Balaban J connectivity index is 2.12. The summed E-state index contributed by atoms with van der Waals surface area (Å²) in [5.74, 6) is 0.359. The number of hydrogen-bond acceptors (Lipinski definition) is 5. The first-order valence-corrected chi connectivity index (χ1v) is 5.48. The fourth-order valence-corrected chi connectivity index (χ4v) is 1.58. The molecule has 2 heterocycles. The van der Waals surface area contributed by atoms with Crippen molar-refractivity contribution in [2.45, 2.75) is 6.54 Å². The first-order chi connectivity index (χ1) is 8.65. The summed E-state index contributed by atoms with van der Waals surface area (Å²) in [6.45, 7) is 0.471. The van der Waals surface area contributed by atoms with Crippen LogP contribution in [0.4, 0.5) is 11.5 Å². The monoisotopic (exact) mass is 264 g/mol. The molecule has 0 atom stereocenters. The number of pyridine rings is 2. The van der Waals surface area contributed by atoms with Gasteiger partial charge in [0.2, 0.25) is 0 Å². The topological polar surface area (TPSA) is 81.0 Å². The van der Waals surface area contributed by atoms with Crippen LogP contribution in [0.15, 0.2) is 36.7 Å². The van der Waals surface area contributed by atoms with Crippen LogP contribution in [0.5, 0.6) is 0 Å². The second-order valence-electron chi connectivity index (χ2n) is 3.51. The Bertz CT molecular complexity index is 562. The molecule has 0 fully saturated rings. The Morgan fingerprint density at radius 2 is 2.28 bits per heavy atom. The summed E-state index contributed by atoms with van der Waals surface area (Å²) in [6.07, 6.45) is 3.37. The van der Waals surface area contributed by atoms with Gasteiger partial charge in [-0.25, -0.2) is 4.98 Å². The summed E-state index contributed by atoms with van der Waals surface area (Å²) in [6, 6.07) is 6.24. The summed E-state index contributed by atoms with van der Waals surface area (Å²) in [5, 5.41) is 13.7. The van der Waals surface area contributed by atoms with Crippen molar-refractivity contribution in [3.8, 4) is 0 Å². The van der Waals surface area contributed by atoms with Gasteiger partial charge >= 0.3 is 0 Å². The van der Waals surface area contributed by atoms with Crippen LogP contribution < -0.4 is 5.32 Å². The minimum absolute atomic E-state index is 0.0814. The van der Waals surface area contributed by atoms with Crippen molar-refractivity contribution in [1.82, 2.24) is 9.97 Å². The Hall–Kier alpha value is -2.21. The predicted molar refractivity (Wildman–Crippen MR) is 67.5 cm³/mol. The lowest BCUT2D eigenvalue weighted by Crippen LogP contribution is -2.02. The van der Waals surface area contributed by atoms with Gasteiger partial charge in [0.25, 0.3) is 5.69 Å². The molecule has 0 aliphatic heterocycles. The molecule has 0 amide bonds. The van der Waals surface area contributed by atoms with Gasteiger partial charge in [0.15, 0.2) is 0 Å². The zero-order valence-electron chi connectivity index (χ0n) is 9.21. The van der Waals surface area contributed by atoms with Crippen molar-refractivity contribution < 1.29 is 4.92 Å². The van der Waals surface area contributed by atoms with E-state index in [2.05, 4.69) is 15.3 Å². The van der Waals surface area contributed by atoms with Gasteiger partial charge in [-0.2, -0.15) is 0 Å². The fourth-order valence-electron chi connectivity index (χ4n) is 1.37. The smallest absolute Gasteiger partial charge is 0.276 e. The zero-order valence-corrected chi connectivity index (χ0v) is 9.96. The van der Waals surface area contributed by atoms with Crippen LogP contribution in [0.3, 0.4) is 0 Å². The maximum absolute atomic E-state index is 10.7. The third kappa shape index (κ3) is 3.14. The van der Waals surface area contributed by atoms with E-state index in [1.165, 1.54) is 12.1 Å². The quantitative estimate of drug-likeness (QED) is 0.522. The van der Waals surface area contributed by atoms with Gasteiger partial charge in [-0.05, 0) is 11.6 Å². The van der Waals surface area contributed by atoms with E-state index < -0.39 is 4.92 Å². The first-order valence-electron chi connectivity index (χ1n) is 5.10. The lowest BCUT2D eigenvalue weighted by molar-refractivity contribution is -0.384. The van der Waals surface area contributed by atoms with Gasteiger partial charge in [0.05, 0.1) is 17.1 Å². The van der Waals surface area contributed by atoms with E-state index in [-0.39, 0.29) is 10.8 Å². The van der Waals surface area contributed by atoms with E-state index in [0.717, 1.165) is 5.56 Å². The van der Waals surface area contributed by atoms with E-state index in [4.69, 9.17) is 11.6 Å². The zero-order chi connectivity index (χ0) is 13.0. The molecule has 0 saturated carbocycles. The number of halogens is 1. The normalized spacial score (nSPS) is 10.1. The van der Waals surface area contributed by atoms with E-state index in [1.807, 2.05) is 12.1 Å². The predicted octanol–water partition coefficient (Wildman–Crippen LogP) is 2.65. The summed E-state index contributed by atoms with van der Waals surface area (Å²) in [4.78, 5) is 18.1. The Labute approximate surface area is 108 Å². The molecule has 2 rings (SSSR count). The molecule has 1 N–H and O–H groups in total. The highest BCUT2D eigenvalue weighted by atomic mass is 35.5. The van der Waals surface area contributed by atoms with E-state index in [9.17, 15) is 10.1 Å². The molecule has 0 unspecified atom stereocenters. The largest absolute Gasteiger partial charge is 0.366 e. The van der Waals surface area contributed by atoms with E-state index in [1.54, 1.807) is 12.4 Å². The maximum atomic E-state index is 10.7. The molecule has 0 aliphatic rings. The number of nitrogens with one attached hydrogen (secondary N) is 1. The van der Waals surface area contributed by atoms with E-state index in [0.29, 0.717) is 12.4 Å². The highest BCUT2D eigenvalue weighted by Crippen LogP contribution is 2.20. The number of nitro groups is 1. The highest BCUT2D eigenvalue weighted by molar-refractivity contribution is 6.29. The van der Waals surface area contributed by atoms with Crippen molar-refractivity contribution in [3.63, 3.8) is 0 Å². The molecule has 2 aromatic heterocycles. The molecule has 0 bridgehead atoms. The Kier molecular flexibility index (Phi) is 3.69. The minimum atomic E-state index is -0.511. The summed E-state index contributed by atoms with van der Waals surface area (Å²) >= 11 is 5.71. The van der Waals surface area contributed by atoms with Crippen molar-refractivity contribution >= 4 is 23.1 Å². The van der Waals surface area contributed by atoms with Crippen LogP contribution in [0, 0.1) is 10.1 Å². The molecule has 0 radical (unpaired) electrons. The van der Waals surface area contributed by atoms with Gasteiger partial charge in [0, 0.05) is 18.9 Å². The number of hydrogen-bond donors (Lipinski definition) is 1. The van der Waals surface area contributed by atoms with Crippen molar-refractivity contribution in [2.24, 2.45) is 0 Å².